The van der Waals surface area contributed by atoms with Crippen LogP contribution in [-0.2, 0) is 25.7 Å². The van der Waals surface area contributed by atoms with Crippen molar-refractivity contribution in [2.75, 3.05) is 0 Å². The molecule has 4 rings (SSSR count). The Bertz CT molecular complexity index is 937. The first-order valence-corrected chi connectivity index (χ1v) is 10.3. The van der Waals surface area contributed by atoms with Crippen molar-refractivity contribution < 1.29 is 4.74 Å². The lowest BCUT2D eigenvalue weighted by molar-refractivity contribution is 0.469. The molecule has 1 heteroatoms. The maximum absolute atomic E-state index is 6.42. The number of hydrogen-bond donors (Lipinski definition) is 0. The molecule has 0 bridgehead atoms. The van der Waals surface area contributed by atoms with Crippen LogP contribution < -0.4 is 4.74 Å². The van der Waals surface area contributed by atoms with Gasteiger partial charge in [0.1, 0.15) is 11.5 Å². The molecule has 0 unspecified atom stereocenters. The van der Waals surface area contributed by atoms with Gasteiger partial charge in [-0.2, -0.15) is 0 Å². The monoisotopic (exact) mass is 378 g/mol. The van der Waals surface area contributed by atoms with Gasteiger partial charge in [-0.05, 0) is 60.1 Å². The quantitative estimate of drug-likeness (QED) is 0.319. The van der Waals surface area contributed by atoms with E-state index in [1.807, 2.05) is 12.1 Å². The average Bonchev–Trinajstić information content (AvgIpc) is 2.79. The van der Waals surface area contributed by atoms with Crippen LogP contribution in [0, 0.1) is 0 Å². The molecular weight excluding hydrogens is 352 g/mol. The van der Waals surface area contributed by atoms with Crippen LogP contribution in [0.2, 0.25) is 0 Å². The normalized spacial score (nSPS) is 10.6. The molecule has 0 atom stereocenters. The second kappa shape index (κ2) is 9.75. The standard InChI is InChI=1S/C28H26O/c1-3-11-23(12-4-1)19-21-25-15-7-9-17-27(25)29-28-18-10-8-16-26(28)22-20-24-13-5-2-6-14-24/h1-18H,19-22H2. The molecule has 0 saturated heterocycles. The molecule has 29 heavy (non-hydrogen) atoms. The summed E-state index contributed by atoms with van der Waals surface area (Å²) in [5, 5.41) is 0. The van der Waals surface area contributed by atoms with Crippen LogP contribution in [0.3, 0.4) is 0 Å². The van der Waals surface area contributed by atoms with E-state index in [4.69, 9.17) is 4.74 Å². The largest absolute Gasteiger partial charge is 0.457 e. The van der Waals surface area contributed by atoms with Gasteiger partial charge in [-0.3, -0.25) is 0 Å². The van der Waals surface area contributed by atoms with E-state index in [0.717, 1.165) is 37.2 Å². The Kier molecular flexibility index (Phi) is 6.39. The Morgan fingerprint density at radius 2 is 0.759 bits per heavy atom. The second-order valence-corrected chi connectivity index (χ2v) is 7.29. The lowest BCUT2D eigenvalue weighted by atomic mass is 10.0. The van der Waals surface area contributed by atoms with Crippen LogP contribution in [0.5, 0.6) is 11.5 Å². The van der Waals surface area contributed by atoms with E-state index in [1.54, 1.807) is 0 Å². The average molecular weight is 379 g/mol. The fourth-order valence-corrected chi connectivity index (χ4v) is 3.59. The summed E-state index contributed by atoms with van der Waals surface area (Å²) in [6.45, 7) is 0. The molecule has 4 aromatic carbocycles. The fraction of sp³-hybridized carbons (Fsp3) is 0.143. The first kappa shape index (κ1) is 19.0. The highest BCUT2D eigenvalue weighted by molar-refractivity contribution is 5.42. The van der Waals surface area contributed by atoms with Crippen molar-refractivity contribution in [2.45, 2.75) is 25.7 Å². The minimum atomic E-state index is 0.954. The van der Waals surface area contributed by atoms with Gasteiger partial charge in [0.15, 0.2) is 0 Å². The SMILES string of the molecule is c1ccc(CCc2ccccc2Oc2ccccc2CCc2ccccc2)cc1. The van der Waals surface area contributed by atoms with Gasteiger partial charge < -0.3 is 4.74 Å². The van der Waals surface area contributed by atoms with Gasteiger partial charge in [0.2, 0.25) is 0 Å². The predicted octanol–water partition coefficient (Wildman–Crippen LogP) is 7.05. The molecule has 1 nitrogen and oxygen atoms in total. The number of hydrogen-bond acceptors (Lipinski definition) is 1. The number of aryl methyl sites for hydroxylation is 4. The van der Waals surface area contributed by atoms with Gasteiger partial charge in [-0.1, -0.05) is 97.1 Å². The fourth-order valence-electron chi connectivity index (χ4n) is 3.59. The van der Waals surface area contributed by atoms with Gasteiger partial charge >= 0.3 is 0 Å². The van der Waals surface area contributed by atoms with Crippen molar-refractivity contribution >= 4 is 0 Å². The molecule has 0 aliphatic heterocycles. The highest BCUT2D eigenvalue weighted by Gasteiger charge is 2.09. The van der Waals surface area contributed by atoms with E-state index < -0.39 is 0 Å². The lowest BCUT2D eigenvalue weighted by Crippen LogP contribution is -1.98. The van der Waals surface area contributed by atoms with Crippen molar-refractivity contribution in [3.63, 3.8) is 0 Å². The third-order valence-corrected chi connectivity index (χ3v) is 5.22. The van der Waals surface area contributed by atoms with E-state index >= 15 is 0 Å². The third-order valence-electron chi connectivity index (χ3n) is 5.22. The van der Waals surface area contributed by atoms with Crippen molar-refractivity contribution in [3.05, 3.63) is 131 Å². The van der Waals surface area contributed by atoms with Gasteiger partial charge in [0, 0.05) is 0 Å². The summed E-state index contributed by atoms with van der Waals surface area (Å²) in [5.41, 5.74) is 5.19. The maximum Gasteiger partial charge on any atom is 0.130 e. The molecule has 0 aliphatic carbocycles. The zero-order valence-corrected chi connectivity index (χ0v) is 16.6. The summed E-state index contributed by atoms with van der Waals surface area (Å²) in [6, 6.07) is 38.0. The topological polar surface area (TPSA) is 9.23 Å². The van der Waals surface area contributed by atoms with E-state index in [9.17, 15) is 0 Å². The molecule has 4 aromatic rings. The van der Waals surface area contributed by atoms with Crippen molar-refractivity contribution in [3.8, 4) is 11.5 Å². The molecule has 0 aliphatic rings. The van der Waals surface area contributed by atoms with Gasteiger partial charge in [-0.25, -0.2) is 0 Å². The summed E-state index contributed by atoms with van der Waals surface area (Å²) in [6.07, 6.45) is 3.95. The highest BCUT2D eigenvalue weighted by Crippen LogP contribution is 2.29. The van der Waals surface area contributed by atoms with Crippen molar-refractivity contribution in [1.82, 2.24) is 0 Å². The van der Waals surface area contributed by atoms with E-state index in [2.05, 4.69) is 97.1 Å². The first-order chi connectivity index (χ1) is 14.4. The summed E-state index contributed by atoms with van der Waals surface area (Å²) >= 11 is 0. The summed E-state index contributed by atoms with van der Waals surface area (Å²) in [5.74, 6) is 1.91. The number of rotatable bonds is 8. The van der Waals surface area contributed by atoms with Crippen molar-refractivity contribution in [2.24, 2.45) is 0 Å². The highest BCUT2D eigenvalue weighted by atomic mass is 16.5. The van der Waals surface area contributed by atoms with Crippen LogP contribution in [0.15, 0.2) is 109 Å². The zero-order valence-electron chi connectivity index (χ0n) is 16.6. The van der Waals surface area contributed by atoms with Crippen LogP contribution in [0.25, 0.3) is 0 Å². The van der Waals surface area contributed by atoms with Gasteiger partial charge in [-0.15, -0.1) is 0 Å². The van der Waals surface area contributed by atoms with Crippen LogP contribution in [0.4, 0.5) is 0 Å². The molecule has 0 spiro atoms. The molecule has 0 aromatic heterocycles. The number of para-hydroxylation sites is 2. The van der Waals surface area contributed by atoms with Crippen molar-refractivity contribution in [1.29, 1.82) is 0 Å². The predicted molar refractivity (Wildman–Crippen MR) is 121 cm³/mol. The molecule has 0 radical (unpaired) electrons. The molecule has 0 fully saturated rings. The summed E-state index contributed by atoms with van der Waals surface area (Å²) in [4.78, 5) is 0. The molecule has 0 amide bonds. The first-order valence-electron chi connectivity index (χ1n) is 10.3. The van der Waals surface area contributed by atoms with E-state index in [-0.39, 0.29) is 0 Å². The molecule has 144 valence electrons. The van der Waals surface area contributed by atoms with Crippen LogP contribution in [0.1, 0.15) is 22.3 Å². The maximum atomic E-state index is 6.42. The smallest absolute Gasteiger partial charge is 0.130 e. The molecule has 0 saturated carbocycles. The van der Waals surface area contributed by atoms with Gasteiger partial charge in [0.05, 0.1) is 0 Å². The Morgan fingerprint density at radius 1 is 0.379 bits per heavy atom. The van der Waals surface area contributed by atoms with Crippen LogP contribution in [-0.4, -0.2) is 0 Å². The molecular formula is C28H26O. The van der Waals surface area contributed by atoms with E-state index in [1.165, 1.54) is 22.3 Å². The summed E-state index contributed by atoms with van der Waals surface area (Å²) < 4.78 is 6.42. The Morgan fingerprint density at radius 3 is 1.21 bits per heavy atom. The van der Waals surface area contributed by atoms with Crippen LogP contribution >= 0.6 is 0 Å². The Hall–Kier alpha value is -3.32. The zero-order chi connectivity index (χ0) is 19.7. The number of ether oxygens (including phenoxy) is 1. The summed E-state index contributed by atoms with van der Waals surface area (Å²) in [7, 11) is 0. The molecule has 0 N–H and O–H groups in total. The minimum Gasteiger partial charge on any atom is -0.457 e. The van der Waals surface area contributed by atoms with Gasteiger partial charge in [0.25, 0.3) is 0 Å². The van der Waals surface area contributed by atoms with E-state index in [0.29, 0.717) is 0 Å². The second-order valence-electron chi connectivity index (χ2n) is 7.29. The minimum absolute atomic E-state index is 0.954. The Labute approximate surface area is 173 Å². The molecule has 0 heterocycles. The lowest BCUT2D eigenvalue weighted by Gasteiger charge is -2.14. The number of benzene rings is 4. The Balaban J connectivity index is 1.48. The third kappa shape index (κ3) is 5.36.